The summed E-state index contributed by atoms with van der Waals surface area (Å²) in [7, 11) is 4.05. The molecule has 2 rings (SSSR count). The first kappa shape index (κ1) is 14.2. The molecule has 0 fully saturated rings. The molecule has 0 aliphatic heterocycles. The van der Waals surface area contributed by atoms with Crippen molar-refractivity contribution >= 4 is 11.4 Å². The van der Waals surface area contributed by atoms with E-state index >= 15 is 0 Å². The van der Waals surface area contributed by atoms with Crippen molar-refractivity contribution in [1.29, 1.82) is 0 Å². The number of rotatable bonds is 6. The van der Waals surface area contributed by atoms with Gasteiger partial charge in [-0.05, 0) is 30.7 Å². The number of nitrogens with one attached hydrogen (secondary N) is 1. The second-order valence-corrected chi connectivity index (χ2v) is 4.72. The predicted molar refractivity (Wildman–Crippen MR) is 83.5 cm³/mol. The number of nitrogens with zero attached hydrogens (tertiary/aromatic N) is 2. The van der Waals surface area contributed by atoms with Crippen LogP contribution in [0.5, 0.6) is 5.75 Å². The normalized spacial score (nSPS) is 10.2. The van der Waals surface area contributed by atoms with Crippen molar-refractivity contribution in [2.24, 2.45) is 0 Å². The van der Waals surface area contributed by atoms with Gasteiger partial charge in [-0.1, -0.05) is 12.1 Å². The summed E-state index contributed by atoms with van der Waals surface area (Å²) in [6.45, 7) is 3.42. The fourth-order valence-corrected chi connectivity index (χ4v) is 2.02. The monoisotopic (exact) mass is 271 g/mol. The van der Waals surface area contributed by atoms with Crippen LogP contribution in [0.15, 0.2) is 42.7 Å². The lowest BCUT2D eigenvalue weighted by Crippen LogP contribution is -2.12. The Bertz CT molecular complexity index is 555. The molecule has 1 aromatic heterocycles. The SMILES string of the molecule is CCOc1cccc(CNc2cnccc2N(C)C)c1. The van der Waals surface area contributed by atoms with Gasteiger partial charge in [-0.3, -0.25) is 4.98 Å². The van der Waals surface area contributed by atoms with Crippen molar-refractivity contribution in [2.45, 2.75) is 13.5 Å². The summed E-state index contributed by atoms with van der Waals surface area (Å²) in [4.78, 5) is 6.24. The van der Waals surface area contributed by atoms with Crippen LogP contribution in [0.25, 0.3) is 0 Å². The largest absolute Gasteiger partial charge is 0.494 e. The molecule has 0 radical (unpaired) electrons. The number of anilines is 2. The van der Waals surface area contributed by atoms with E-state index in [1.807, 2.05) is 45.4 Å². The molecule has 0 unspecified atom stereocenters. The molecule has 4 nitrogen and oxygen atoms in total. The molecule has 1 N–H and O–H groups in total. The van der Waals surface area contributed by atoms with Gasteiger partial charge in [0, 0.05) is 26.8 Å². The number of hydrogen-bond acceptors (Lipinski definition) is 4. The van der Waals surface area contributed by atoms with E-state index in [0.717, 1.165) is 23.7 Å². The predicted octanol–water partition coefficient (Wildman–Crippen LogP) is 3.16. The fraction of sp³-hybridized carbons (Fsp3) is 0.312. The number of pyridine rings is 1. The van der Waals surface area contributed by atoms with Gasteiger partial charge in [0.25, 0.3) is 0 Å². The maximum absolute atomic E-state index is 5.51. The first-order valence-corrected chi connectivity index (χ1v) is 6.77. The molecule has 0 aliphatic rings. The van der Waals surface area contributed by atoms with E-state index in [9.17, 15) is 0 Å². The van der Waals surface area contributed by atoms with Gasteiger partial charge >= 0.3 is 0 Å². The Morgan fingerprint density at radius 1 is 1.25 bits per heavy atom. The van der Waals surface area contributed by atoms with Gasteiger partial charge < -0.3 is 15.0 Å². The van der Waals surface area contributed by atoms with Gasteiger partial charge in [0.15, 0.2) is 0 Å². The van der Waals surface area contributed by atoms with Crippen molar-refractivity contribution < 1.29 is 4.74 Å². The number of aromatic nitrogens is 1. The maximum Gasteiger partial charge on any atom is 0.119 e. The van der Waals surface area contributed by atoms with Gasteiger partial charge in [-0.25, -0.2) is 0 Å². The standard InChI is InChI=1S/C16H21N3O/c1-4-20-14-7-5-6-13(10-14)11-18-15-12-17-9-8-16(15)19(2)3/h5-10,12,18H,4,11H2,1-3H3. The van der Waals surface area contributed by atoms with Crippen molar-refractivity contribution in [3.8, 4) is 5.75 Å². The smallest absolute Gasteiger partial charge is 0.119 e. The first-order chi connectivity index (χ1) is 9.70. The van der Waals surface area contributed by atoms with Gasteiger partial charge in [0.05, 0.1) is 24.2 Å². The highest BCUT2D eigenvalue weighted by molar-refractivity contribution is 5.68. The van der Waals surface area contributed by atoms with Crippen LogP contribution in [-0.4, -0.2) is 25.7 Å². The minimum absolute atomic E-state index is 0.685. The molecule has 0 saturated heterocycles. The Balaban J connectivity index is 2.07. The minimum atomic E-state index is 0.685. The van der Waals surface area contributed by atoms with Crippen LogP contribution < -0.4 is 15.0 Å². The van der Waals surface area contributed by atoms with Crippen molar-refractivity contribution in [3.05, 3.63) is 48.3 Å². The summed E-state index contributed by atoms with van der Waals surface area (Å²) in [5, 5.41) is 3.42. The summed E-state index contributed by atoms with van der Waals surface area (Å²) < 4.78 is 5.51. The lowest BCUT2D eigenvalue weighted by molar-refractivity contribution is 0.340. The molecule has 106 valence electrons. The van der Waals surface area contributed by atoms with Crippen LogP contribution in [-0.2, 0) is 6.54 Å². The van der Waals surface area contributed by atoms with E-state index in [1.54, 1.807) is 6.20 Å². The van der Waals surface area contributed by atoms with E-state index in [4.69, 9.17) is 4.74 Å². The van der Waals surface area contributed by atoms with E-state index in [2.05, 4.69) is 27.3 Å². The number of benzene rings is 1. The highest BCUT2D eigenvalue weighted by atomic mass is 16.5. The average Bonchev–Trinajstić information content (AvgIpc) is 2.46. The molecule has 20 heavy (non-hydrogen) atoms. The molecule has 0 spiro atoms. The highest BCUT2D eigenvalue weighted by Gasteiger charge is 2.04. The second kappa shape index (κ2) is 6.80. The Hall–Kier alpha value is -2.23. The Morgan fingerprint density at radius 3 is 2.85 bits per heavy atom. The molecular formula is C16H21N3O. The van der Waals surface area contributed by atoms with E-state index in [0.29, 0.717) is 6.61 Å². The minimum Gasteiger partial charge on any atom is -0.494 e. The third kappa shape index (κ3) is 3.63. The summed E-state index contributed by atoms with van der Waals surface area (Å²) in [5.74, 6) is 0.908. The van der Waals surface area contributed by atoms with Crippen LogP contribution in [0.4, 0.5) is 11.4 Å². The van der Waals surface area contributed by atoms with E-state index < -0.39 is 0 Å². The van der Waals surface area contributed by atoms with Crippen molar-refractivity contribution in [3.63, 3.8) is 0 Å². The first-order valence-electron chi connectivity index (χ1n) is 6.77. The third-order valence-electron chi connectivity index (χ3n) is 2.97. The molecule has 0 aliphatic carbocycles. The maximum atomic E-state index is 5.51. The topological polar surface area (TPSA) is 37.4 Å². The summed E-state index contributed by atoms with van der Waals surface area (Å²) in [6.07, 6.45) is 3.65. The second-order valence-electron chi connectivity index (χ2n) is 4.72. The molecular weight excluding hydrogens is 250 g/mol. The molecule has 1 heterocycles. The third-order valence-corrected chi connectivity index (χ3v) is 2.97. The fourth-order valence-electron chi connectivity index (χ4n) is 2.02. The average molecular weight is 271 g/mol. The quantitative estimate of drug-likeness (QED) is 0.875. The molecule has 1 aromatic carbocycles. The summed E-state index contributed by atoms with van der Waals surface area (Å²) in [6, 6.07) is 10.1. The molecule has 4 heteroatoms. The van der Waals surface area contributed by atoms with Gasteiger partial charge in [-0.15, -0.1) is 0 Å². The van der Waals surface area contributed by atoms with E-state index in [1.165, 1.54) is 5.56 Å². The van der Waals surface area contributed by atoms with Gasteiger partial charge in [0.2, 0.25) is 0 Å². The van der Waals surface area contributed by atoms with E-state index in [-0.39, 0.29) is 0 Å². The zero-order chi connectivity index (χ0) is 14.4. The Kier molecular flexibility index (Phi) is 4.82. The number of hydrogen-bond donors (Lipinski definition) is 1. The van der Waals surface area contributed by atoms with Crippen LogP contribution in [0.2, 0.25) is 0 Å². The highest BCUT2D eigenvalue weighted by Crippen LogP contribution is 2.23. The summed E-state index contributed by atoms with van der Waals surface area (Å²) >= 11 is 0. The van der Waals surface area contributed by atoms with Crippen LogP contribution >= 0.6 is 0 Å². The molecule has 0 bridgehead atoms. The molecule has 0 saturated carbocycles. The zero-order valence-electron chi connectivity index (χ0n) is 12.3. The lowest BCUT2D eigenvalue weighted by atomic mass is 10.2. The molecule has 0 atom stereocenters. The number of ether oxygens (including phenoxy) is 1. The Labute approximate surface area is 120 Å². The van der Waals surface area contributed by atoms with Crippen molar-refractivity contribution in [1.82, 2.24) is 4.98 Å². The zero-order valence-corrected chi connectivity index (χ0v) is 12.3. The van der Waals surface area contributed by atoms with Gasteiger partial charge in [-0.2, -0.15) is 0 Å². The summed E-state index contributed by atoms with van der Waals surface area (Å²) in [5.41, 5.74) is 3.34. The lowest BCUT2D eigenvalue weighted by Gasteiger charge is -2.18. The van der Waals surface area contributed by atoms with Gasteiger partial charge in [0.1, 0.15) is 5.75 Å². The van der Waals surface area contributed by atoms with Crippen molar-refractivity contribution in [2.75, 3.05) is 30.9 Å². The Morgan fingerprint density at radius 2 is 2.10 bits per heavy atom. The van der Waals surface area contributed by atoms with Crippen LogP contribution in [0.1, 0.15) is 12.5 Å². The molecule has 0 amide bonds. The molecule has 2 aromatic rings. The van der Waals surface area contributed by atoms with Crippen LogP contribution in [0.3, 0.4) is 0 Å². The van der Waals surface area contributed by atoms with Crippen LogP contribution in [0, 0.1) is 0 Å².